The summed E-state index contributed by atoms with van der Waals surface area (Å²) in [7, 11) is 0. The molecule has 3 N–H and O–H groups in total. The molecule has 0 radical (unpaired) electrons. The molecule has 0 aromatic heterocycles. The van der Waals surface area contributed by atoms with Gasteiger partial charge in [-0.2, -0.15) is 5.06 Å². The summed E-state index contributed by atoms with van der Waals surface area (Å²) in [6.45, 7) is 1.45. The maximum absolute atomic E-state index is 8.94. The first kappa shape index (κ1) is 7.52. The molecular formula is C4H8N2O3S. The molecule has 0 saturated carbocycles. The number of hydrogen-bond donors (Lipinski definition) is 4. The van der Waals surface area contributed by atoms with Crippen molar-refractivity contribution in [1.29, 1.82) is 0 Å². The van der Waals surface area contributed by atoms with Crippen molar-refractivity contribution in [2.45, 2.75) is 12.4 Å². The van der Waals surface area contributed by atoms with Crippen LogP contribution in [0.25, 0.3) is 0 Å². The van der Waals surface area contributed by atoms with Crippen LogP contribution in [0.4, 0.5) is 0 Å². The second-order valence-electron chi connectivity index (χ2n) is 1.94. The van der Waals surface area contributed by atoms with Crippen LogP contribution in [0, 0.1) is 0 Å². The molecule has 0 bridgehead atoms. The van der Waals surface area contributed by atoms with E-state index in [4.69, 9.17) is 15.5 Å². The van der Waals surface area contributed by atoms with Gasteiger partial charge < -0.3 is 5.11 Å². The molecule has 0 aromatic rings. The molecule has 0 spiro atoms. The number of allylic oxidation sites excluding steroid dienone is 1. The topological polar surface area (TPSA) is 67.2 Å². The molecule has 0 saturated heterocycles. The van der Waals surface area contributed by atoms with Crippen molar-refractivity contribution >= 4 is 12.6 Å². The lowest BCUT2D eigenvalue weighted by molar-refractivity contribution is -0.167. The highest BCUT2D eigenvalue weighted by atomic mass is 32.1. The fraction of sp³-hybridized carbons (Fsp3) is 0.500. The van der Waals surface area contributed by atoms with Gasteiger partial charge in [-0.05, 0) is 6.92 Å². The largest absolute Gasteiger partial charge is 0.492 e. The van der Waals surface area contributed by atoms with Crippen LogP contribution in [-0.4, -0.2) is 31.1 Å². The van der Waals surface area contributed by atoms with Gasteiger partial charge in [0.1, 0.15) is 5.70 Å². The van der Waals surface area contributed by atoms with Gasteiger partial charge in [0.15, 0.2) is 5.50 Å². The molecule has 1 atom stereocenters. The van der Waals surface area contributed by atoms with E-state index in [9.17, 15) is 0 Å². The number of rotatable bonds is 0. The van der Waals surface area contributed by atoms with E-state index in [2.05, 4.69) is 12.6 Å². The molecule has 1 aliphatic rings. The molecule has 1 rings (SSSR count). The zero-order valence-electron chi connectivity index (χ0n) is 5.26. The minimum Gasteiger partial charge on any atom is -0.492 e. The number of hydroxylamine groups is 4. The number of nitrogens with zero attached hydrogens (tertiary/aromatic N) is 2. The Kier molecular flexibility index (Phi) is 1.67. The van der Waals surface area contributed by atoms with Crippen LogP contribution in [-0.2, 0) is 0 Å². The van der Waals surface area contributed by atoms with Gasteiger partial charge in [-0.15, -0.1) is 12.6 Å². The van der Waals surface area contributed by atoms with Crippen molar-refractivity contribution in [3.05, 3.63) is 11.6 Å². The third-order valence-corrected chi connectivity index (χ3v) is 1.76. The van der Waals surface area contributed by atoms with Gasteiger partial charge in [-0.25, -0.2) is 5.06 Å². The van der Waals surface area contributed by atoms with Crippen molar-refractivity contribution < 1.29 is 15.5 Å². The van der Waals surface area contributed by atoms with Crippen LogP contribution in [0.15, 0.2) is 11.6 Å². The number of thiol groups is 1. The van der Waals surface area contributed by atoms with Crippen LogP contribution in [0.1, 0.15) is 6.92 Å². The molecule has 10 heavy (non-hydrogen) atoms. The van der Waals surface area contributed by atoms with E-state index in [1.807, 2.05) is 0 Å². The first-order chi connectivity index (χ1) is 4.55. The second kappa shape index (κ2) is 2.22. The molecule has 0 fully saturated rings. The maximum atomic E-state index is 8.94. The average Bonchev–Trinajstić information content (AvgIpc) is 2.07. The SMILES string of the molecule is CC1=C(O)N(O)C(S)N1O. The van der Waals surface area contributed by atoms with Gasteiger partial charge in [-0.1, -0.05) is 0 Å². The lowest BCUT2D eigenvalue weighted by atomic mass is 10.5. The molecule has 1 aliphatic heterocycles. The predicted molar refractivity (Wildman–Crippen MR) is 35.4 cm³/mol. The monoisotopic (exact) mass is 164 g/mol. The van der Waals surface area contributed by atoms with Crippen molar-refractivity contribution in [2.75, 3.05) is 0 Å². The van der Waals surface area contributed by atoms with Crippen molar-refractivity contribution in [3.8, 4) is 0 Å². The zero-order valence-corrected chi connectivity index (χ0v) is 6.16. The van der Waals surface area contributed by atoms with Gasteiger partial charge in [-0.3, -0.25) is 10.4 Å². The van der Waals surface area contributed by atoms with E-state index < -0.39 is 5.50 Å². The molecule has 0 aliphatic carbocycles. The Balaban J connectivity index is 2.88. The van der Waals surface area contributed by atoms with Gasteiger partial charge in [0.25, 0.3) is 0 Å². The Labute approximate surface area is 63.1 Å². The molecule has 1 heterocycles. The lowest BCUT2D eigenvalue weighted by Crippen LogP contribution is -2.31. The highest BCUT2D eigenvalue weighted by Crippen LogP contribution is 2.25. The van der Waals surface area contributed by atoms with Crippen LogP contribution >= 0.6 is 12.6 Å². The summed E-state index contributed by atoms with van der Waals surface area (Å²) in [5.41, 5.74) is -0.748. The summed E-state index contributed by atoms with van der Waals surface area (Å²) in [5, 5.41) is 27.8. The quantitative estimate of drug-likeness (QED) is 0.389. The van der Waals surface area contributed by atoms with Gasteiger partial charge in [0.05, 0.1) is 0 Å². The minimum absolute atomic E-state index is 0.169. The molecule has 0 aromatic carbocycles. The van der Waals surface area contributed by atoms with E-state index in [0.717, 1.165) is 0 Å². The van der Waals surface area contributed by atoms with Crippen LogP contribution in [0.5, 0.6) is 0 Å². The average molecular weight is 164 g/mol. The van der Waals surface area contributed by atoms with E-state index >= 15 is 0 Å². The van der Waals surface area contributed by atoms with Gasteiger partial charge in [0, 0.05) is 0 Å². The summed E-state index contributed by atoms with van der Waals surface area (Å²) in [5.74, 6) is -0.387. The molecular weight excluding hydrogens is 156 g/mol. The third kappa shape index (κ3) is 0.808. The molecule has 6 heteroatoms. The standard InChI is InChI=1S/C4H8N2O3S/c1-2-3(7)6(9)4(10)5(2)8/h4,7-10H,1H3. The fourth-order valence-electron chi connectivity index (χ4n) is 0.654. The highest BCUT2D eigenvalue weighted by molar-refractivity contribution is 7.80. The predicted octanol–water partition coefficient (Wildman–Crippen LogP) is 0.343. The zero-order chi connectivity index (χ0) is 7.89. The van der Waals surface area contributed by atoms with Crippen molar-refractivity contribution in [1.82, 2.24) is 10.1 Å². The Hall–Kier alpha value is -0.590. The van der Waals surface area contributed by atoms with Crippen molar-refractivity contribution in [3.63, 3.8) is 0 Å². The molecule has 58 valence electrons. The maximum Gasteiger partial charge on any atom is 0.236 e. The third-order valence-electron chi connectivity index (χ3n) is 1.32. The van der Waals surface area contributed by atoms with Crippen LogP contribution in [0.2, 0.25) is 0 Å². The fourth-order valence-corrected chi connectivity index (χ4v) is 0.937. The van der Waals surface area contributed by atoms with Crippen LogP contribution < -0.4 is 0 Å². The minimum atomic E-state index is -0.917. The van der Waals surface area contributed by atoms with Gasteiger partial charge in [0.2, 0.25) is 5.88 Å². The first-order valence-corrected chi connectivity index (χ1v) is 3.11. The first-order valence-electron chi connectivity index (χ1n) is 2.60. The van der Waals surface area contributed by atoms with Crippen molar-refractivity contribution in [2.24, 2.45) is 0 Å². The summed E-state index contributed by atoms with van der Waals surface area (Å²) in [6.07, 6.45) is 0. The smallest absolute Gasteiger partial charge is 0.236 e. The summed E-state index contributed by atoms with van der Waals surface area (Å²) in [6, 6.07) is 0. The summed E-state index contributed by atoms with van der Waals surface area (Å²) >= 11 is 3.75. The number of aliphatic hydroxyl groups excluding tert-OH is 1. The van der Waals surface area contributed by atoms with E-state index in [0.29, 0.717) is 10.1 Å². The lowest BCUT2D eigenvalue weighted by Gasteiger charge is -2.18. The Morgan fingerprint density at radius 3 is 2.00 bits per heavy atom. The molecule has 1 unspecified atom stereocenters. The highest BCUT2D eigenvalue weighted by Gasteiger charge is 2.32. The van der Waals surface area contributed by atoms with Crippen LogP contribution in [0.3, 0.4) is 0 Å². The Morgan fingerprint density at radius 1 is 1.40 bits per heavy atom. The Bertz CT molecular complexity index is 165. The van der Waals surface area contributed by atoms with E-state index in [-0.39, 0.29) is 11.6 Å². The van der Waals surface area contributed by atoms with Gasteiger partial charge >= 0.3 is 0 Å². The normalized spacial score (nSPS) is 26.6. The summed E-state index contributed by atoms with van der Waals surface area (Å²) < 4.78 is 0. The van der Waals surface area contributed by atoms with E-state index in [1.54, 1.807) is 0 Å². The van der Waals surface area contributed by atoms with E-state index in [1.165, 1.54) is 6.92 Å². The molecule has 0 amide bonds. The Morgan fingerprint density at radius 2 is 1.90 bits per heavy atom. The molecule has 5 nitrogen and oxygen atoms in total. The summed E-state index contributed by atoms with van der Waals surface area (Å²) in [4.78, 5) is 0. The second-order valence-corrected chi connectivity index (χ2v) is 2.41. The number of aliphatic hydroxyl groups is 1. The number of hydrogen-bond acceptors (Lipinski definition) is 6.